The second-order valence-electron chi connectivity index (χ2n) is 5.77. The van der Waals surface area contributed by atoms with E-state index in [1.807, 2.05) is 30.3 Å². The number of hydrogen-bond acceptors (Lipinski definition) is 4. The molecule has 2 aromatic carbocycles. The Balaban J connectivity index is 1.62. The van der Waals surface area contributed by atoms with Gasteiger partial charge in [0.15, 0.2) is 6.10 Å². The van der Waals surface area contributed by atoms with Crippen molar-refractivity contribution in [2.24, 2.45) is 0 Å². The molecule has 0 spiro atoms. The fourth-order valence-electron chi connectivity index (χ4n) is 2.14. The van der Waals surface area contributed by atoms with Crippen molar-refractivity contribution in [1.29, 1.82) is 0 Å². The van der Waals surface area contributed by atoms with E-state index in [0.717, 1.165) is 12.8 Å². The van der Waals surface area contributed by atoms with Gasteiger partial charge in [0.2, 0.25) is 0 Å². The van der Waals surface area contributed by atoms with Crippen LogP contribution in [0, 0.1) is 0 Å². The fourth-order valence-corrected chi connectivity index (χ4v) is 2.14. The van der Waals surface area contributed by atoms with Gasteiger partial charge in [-0.1, -0.05) is 24.3 Å². The molecule has 1 N–H and O–H groups in total. The highest BCUT2D eigenvalue weighted by molar-refractivity contribution is 5.92. The first-order valence-electron chi connectivity index (χ1n) is 7.96. The van der Waals surface area contributed by atoms with E-state index in [4.69, 9.17) is 9.47 Å². The SMILES string of the molecule is C[C@H](OC(=O)c1cccc(Oc2ccccc2)c1)C(=O)NC1CC1. The minimum atomic E-state index is -0.822. The van der Waals surface area contributed by atoms with Crippen molar-refractivity contribution >= 4 is 11.9 Å². The molecule has 0 aliphatic heterocycles. The van der Waals surface area contributed by atoms with E-state index in [1.54, 1.807) is 31.2 Å². The quantitative estimate of drug-likeness (QED) is 0.828. The van der Waals surface area contributed by atoms with Crippen molar-refractivity contribution in [1.82, 2.24) is 5.32 Å². The summed E-state index contributed by atoms with van der Waals surface area (Å²) in [5, 5.41) is 2.81. The number of carbonyl (C=O) groups excluding carboxylic acids is 2. The smallest absolute Gasteiger partial charge is 0.339 e. The zero-order valence-electron chi connectivity index (χ0n) is 13.4. The number of hydrogen-bond donors (Lipinski definition) is 1. The number of nitrogens with one attached hydrogen (secondary N) is 1. The first kappa shape index (κ1) is 16.1. The zero-order chi connectivity index (χ0) is 16.9. The number of para-hydroxylation sites is 1. The largest absolute Gasteiger partial charge is 0.457 e. The lowest BCUT2D eigenvalue weighted by atomic mass is 10.2. The standard InChI is InChI=1S/C19H19NO4/c1-13(18(21)20-15-10-11-15)23-19(22)14-6-5-9-17(12-14)24-16-7-3-2-4-8-16/h2-9,12-13,15H,10-11H2,1H3,(H,20,21)/t13-/m0/s1. The average Bonchev–Trinajstić information content (AvgIpc) is 3.40. The Labute approximate surface area is 140 Å². The third-order valence-electron chi connectivity index (χ3n) is 3.63. The van der Waals surface area contributed by atoms with Crippen LogP contribution in [0.15, 0.2) is 54.6 Å². The van der Waals surface area contributed by atoms with Gasteiger partial charge >= 0.3 is 5.97 Å². The number of esters is 1. The van der Waals surface area contributed by atoms with Crippen molar-refractivity contribution in [3.8, 4) is 11.5 Å². The van der Waals surface area contributed by atoms with Crippen molar-refractivity contribution in [2.75, 3.05) is 0 Å². The molecule has 1 saturated carbocycles. The van der Waals surface area contributed by atoms with Crippen LogP contribution in [-0.4, -0.2) is 24.0 Å². The van der Waals surface area contributed by atoms with Crippen LogP contribution >= 0.6 is 0 Å². The van der Waals surface area contributed by atoms with E-state index in [9.17, 15) is 9.59 Å². The van der Waals surface area contributed by atoms with E-state index in [-0.39, 0.29) is 11.9 Å². The number of ether oxygens (including phenoxy) is 2. The highest BCUT2D eigenvalue weighted by Gasteiger charge is 2.27. The third-order valence-corrected chi connectivity index (χ3v) is 3.63. The predicted molar refractivity (Wildman–Crippen MR) is 89.0 cm³/mol. The molecule has 124 valence electrons. The summed E-state index contributed by atoms with van der Waals surface area (Å²) in [5.74, 6) is 0.403. The van der Waals surface area contributed by atoms with Crippen LogP contribution in [0.4, 0.5) is 0 Å². The molecule has 1 atom stereocenters. The normalized spacial score (nSPS) is 14.5. The van der Waals surface area contributed by atoms with E-state index < -0.39 is 12.1 Å². The summed E-state index contributed by atoms with van der Waals surface area (Å²) in [6.45, 7) is 1.57. The molecule has 0 aromatic heterocycles. The monoisotopic (exact) mass is 325 g/mol. The van der Waals surface area contributed by atoms with Gasteiger partial charge < -0.3 is 14.8 Å². The molecule has 0 heterocycles. The molecule has 1 amide bonds. The maximum atomic E-state index is 12.2. The summed E-state index contributed by atoms with van der Waals surface area (Å²) in [5.41, 5.74) is 0.342. The first-order valence-corrected chi connectivity index (χ1v) is 7.96. The summed E-state index contributed by atoms with van der Waals surface area (Å²) >= 11 is 0. The molecule has 1 fully saturated rings. The maximum Gasteiger partial charge on any atom is 0.339 e. The summed E-state index contributed by atoms with van der Waals surface area (Å²) in [4.78, 5) is 24.1. The lowest BCUT2D eigenvalue weighted by molar-refractivity contribution is -0.129. The van der Waals surface area contributed by atoms with Crippen LogP contribution < -0.4 is 10.1 Å². The van der Waals surface area contributed by atoms with Crippen molar-refractivity contribution in [2.45, 2.75) is 31.9 Å². The molecule has 24 heavy (non-hydrogen) atoms. The van der Waals surface area contributed by atoms with Gasteiger partial charge in [-0.2, -0.15) is 0 Å². The number of benzene rings is 2. The minimum absolute atomic E-state index is 0.237. The van der Waals surface area contributed by atoms with E-state index >= 15 is 0 Å². The van der Waals surface area contributed by atoms with Crippen molar-refractivity contribution < 1.29 is 19.1 Å². The molecule has 0 bridgehead atoms. The van der Waals surface area contributed by atoms with Crippen LogP contribution in [0.1, 0.15) is 30.1 Å². The van der Waals surface area contributed by atoms with Crippen LogP contribution in [0.2, 0.25) is 0 Å². The summed E-state index contributed by atoms with van der Waals surface area (Å²) in [6, 6.07) is 16.2. The van der Waals surface area contributed by atoms with Gasteiger partial charge in [-0.3, -0.25) is 4.79 Å². The van der Waals surface area contributed by atoms with Gasteiger partial charge in [0.05, 0.1) is 5.56 Å². The summed E-state index contributed by atoms with van der Waals surface area (Å²) < 4.78 is 10.9. The van der Waals surface area contributed by atoms with Gasteiger partial charge in [0.25, 0.3) is 5.91 Å². The Morgan fingerprint density at radius 2 is 1.75 bits per heavy atom. The molecule has 0 unspecified atom stereocenters. The second-order valence-corrected chi connectivity index (χ2v) is 5.77. The third kappa shape index (κ3) is 4.35. The van der Waals surface area contributed by atoms with E-state index in [2.05, 4.69) is 5.32 Å². The van der Waals surface area contributed by atoms with Gasteiger partial charge in [0.1, 0.15) is 11.5 Å². The van der Waals surface area contributed by atoms with Gasteiger partial charge in [0, 0.05) is 6.04 Å². The molecule has 2 aromatic rings. The van der Waals surface area contributed by atoms with Crippen molar-refractivity contribution in [3.05, 3.63) is 60.2 Å². The number of carbonyl (C=O) groups is 2. The van der Waals surface area contributed by atoms with Gasteiger partial charge in [-0.05, 0) is 50.1 Å². The van der Waals surface area contributed by atoms with Crippen LogP contribution in [0.5, 0.6) is 11.5 Å². The fraction of sp³-hybridized carbons (Fsp3) is 0.263. The zero-order valence-corrected chi connectivity index (χ0v) is 13.4. The highest BCUT2D eigenvalue weighted by Crippen LogP contribution is 2.22. The Bertz CT molecular complexity index is 725. The second kappa shape index (κ2) is 7.17. The maximum absolute atomic E-state index is 12.2. The van der Waals surface area contributed by atoms with Crippen LogP contribution in [-0.2, 0) is 9.53 Å². The summed E-state index contributed by atoms with van der Waals surface area (Å²) in [7, 11) is 0. The molecule has 1 aliphatic carbocycles. The van der Waals surface area contributed by atoms with Crippen LogP contribution in [0.3, 0.4) is 0 Å². The lowest BCUT2D eigenvalue weighted by Crippen LogP contribution is -2.37. The highest BCUT2D eigenvalue weighted by atomic mass is 16.5. The van der Waals surface area contributed by atoms with Crippen LogP contribution in [0.25, 0.3) is 0 Å². The first-order chi connectivity index (χ1) is 11.6. The Hall–Kier alpha value is -2.82. The Kier molecular flexibility index (Phi) is 4.79. The summed E-state index contributed by atoms with van der Waals surface area (Å²) in [6.07, 6.45) is 1.16. The van der Waals surface area contributed by atoms with Gasteiger partial charge in [-0.15, -0.1) is 0 Å². The topological polar surface area (TPSA) is 64.6 Å². The molecular formula is C19H19NO4. The van der Waals surface area contributed by atoms with Crippen molar-refractivity contribution in [3.63, 3.8) is 0 Å². The van der Waals surface area contributed by atoms with Gasteiger partial charge in [-0.25, -0.2) is 4.79 Å². The van der Waals surface area contributed by atoms with E-state index in [0.29, 0.717) is 17.1 Å². The number of rotatable bonds is 6. The average molecular weight is 325 g/mol. The Morgan fingerprint density at radius 1 is 1.04 bits per heavy atom. The molecule has 5 nitrogen and oxygen atoms in total. The number of amides is 1. The predicted octanol–water partition coefficient (Wildman–Crippen LogP) is 3.30. The van der Waals surface area contributed by atoms with E-state index in [1.165, 1.54) is 0 Å². The molecular weight excluding hydrogens is 306 g/mol. The molecule has 0 saturated heterocycles. The lowest BCUT2D eigenvalue weighted by Gasteiger charge is -2.13. The minimum Gasteiger partial charge on any atom is -0.457 e. The molecule has 5 heteroatoms. The molecule has 3 rings (SSSR count). The molecule has 1 aliphatic rings. The Morgan fingerprint density at radius 3 is 2.46 bits per heavy atom. The molecule has 0 radical (unpaired) electrons.